The van der Waals surface area contributed by atoms with Gasteiger partial charge in [-0.05, 0) is 91.8 Å². The van der Waals surface area contributed by atoms with Gasteiger partial charge in [0.05, 0.1) is 23.9 Å². The summed E-state index contributed by atoms with van der Waals surface area (Å²) in [6, 6.07) is 13.3. The third-order valence-electron chi connectivity index (χ3n) is 11.9. The number of aromatic nitrogens is 4. The molecule has 2 amide bonds. The zero-order valence-corrected chi connectivity index (χ0v) is 27.2. The second kappa shape index (κ2) is 10.6. The third-order valence-corrected chi connectivity index (χ3v) is 11.9. The summed E-state index contributed by atoms with van der Waals surface area (Å²) < 4.78 is 38.4. The van der Waals surface area contributed by atoms with Gasteiger partial charge in [-0.2, -0.15) is 0 Å². The van der Waals surface area contributed by atoms with Crippen LogP contribution in [0.3, 0.4) is 0 Å². The second-order valence-corrected chi connectivity index (χ2v) is 14.9. The zero-order chi connectivity index (χ0) is 33.1. The number of imidazole rings is 1. The highest BCUT2D eigenvalue weighted by Gasteiger charge is 2.61. The molecule has 3 unspecified atom stereocenters. The summed E-state index contributed by atoms with van der Waals surface area (Å²) >= 11 is 0. The number of likely N-dealkylation sites (tertiary alicyclic amines) is 2. The predicted molar refractivity (Wildman–Crippen MR) is 178 cm³/mol. The lowest BCUT2D eigenvalue weighted by molar-refractivity contribution is -0.0204. The molecule has 2 saturated heterocycles. The maximum Gasteiger partial charge on any atom is 0.256 e. The molecular formula is C38H36F2N6O3. The first-order valence-electron chi connectivity index (χ1n) is 17.4. The highest BCUT2D eigenvalue weighted by Crippen LogP contribution is 2.60. The number of hydrogen-bond donors (Lipinski definition) is 0. The van der Waals surface area contributed by atoms with Crippen LogP contribution in [0.1, 0.15) is 46.4 Å². The molecule has 10 rings (SSSR count). The van der Waals surface area contributed by atoms with Crippen molar-refractivity contribution in [3.63, 3.8) is 0 Å². The van der Waals surface area contributed by atoms with Crippen LogP contribution in [0.5, 0.6) is 5.75 Å². The summed E-state index contributed by atoms with van der Waals surface area (Å²) in [4.78, 5) is 40.8. The van der Waals surface area contributed by atoms with Gasteiger partial charge in [0, 0.05) is 67.9 Å². The molecule has 11 heteroatoms. The monoisotopic (exact) mass is 662 g/mol. The van der Waals surface area contributed by atoms with Crippen LogP contribution in [-0.2, 0) is 13.1 Å². The molecule has 0 bridgehead atoms. The van der Waals surface area contributed by atoms with E-state index in [1.165, 1.54) is 25.3 Å². The lowest BCUT2D eigenvalue weighted by Gasteiger charge is -2.52. The van der Waals surface area contributed by atoms with E-state index in [1.54, 1.807) is 12.0 Å². The molecule has 4 atom stereocenters. The lowest BCUT2D eigenvalue weighted by atomic mass is 9.53. The van der Waals surface area contributed by atoms with Gasteiger partial charge in [-0.25, -0.2) is 18.7 Å². The molecule has 2 aliphatic heterocycles. The largest absolute Gasteiger partial charge is 0.494 e. The van der Waals surface area contributed by atoms with Crippen molar-refractivity contribution in [2.24, 2.45) is 29.6 Å². The quantitative estimate of drug-likeness (QED) is 0.204. The predicted octanol–water partition coefficient (Wildman–Crippen LogP) is 6.00. The molecule has 5 aromatic rings. The van der Waals surface area contributed by atoms with E-state index in [2.05, 4.69) is 26.2 Å². The lowest BCUT2D eigenvalue weighted by Crippen LogP contribution is -2.53. The standard InChI is InChI=1S/C38H36F2N6O3/c1-49-32-13-24(37(47)45-19-25-9-23-12-30(45)33(23)25)10-29-34(32)46(18-21-15-43(16-21)38(48)27-7-6-26(39)14-28(27)40)36(42-29)31-11-22-3-2-8-41-35(22)44(31)17-20-4-5-20/h2-3,6-8,10-11,13-14,20-21,23,25,30,33H,4-5,9,12,15-19H2,1H3/t23?,25?,30?,33-/m1/s1. The van der Waals surface area contributed by atoms with Gasteiger partial charge < -0.3 is 23.7 Å². The maximum absolute atomic E-state index is 14.4. The minimum Gasteiger partial charge on any atom is -0.494 e. The normalized spacial score (nSPS) is 24.1. The summed E-state index contributed by atoms with van der Waals surface area (Å²) in [6.07, 6.45) is 6.54. The minimum absolute atomic E-state index is 0.0439. The van der Waals surface area contributed by atoms with Crippen LogP contribution in [0.25, 0.3) is 33.6 Å². The number of rotatable bonds is 8. The SMILES string of the molecule is COc1cc(C(=O)N2CC3CC4CC2[C@H]43)cc2nc(-c3cc4cccnc4n3CC3CC3)n(CC3CN(C(=O)c4ccc(F)cc4F)C3)c12. The molecule has 3 aliphatic carbocycles. The first-order chi connectivity index (χ1) is 23.8. The number of carbonyl (C=O) groups is 2. The number of halogens is 2. The third kappa shape index (κ3) is 4.46. The molecule has 49 heavy (non-hydrogen) atoms. The van der Waals surface area contributed by atoms with Crippen molar-refractivity contribution in [2.75, 3.05) is 26.7 Å². The number of fused-ring (bicyclic) bond motifs is 2. The van der Waals surface area contributed by atoms with E-state index < -0.39 is 17.5 Å². The Kier molecular flexibility index (Phi) is 6.30. The average Bonchev–Trinajstić information content (AvgIpc) is 3.71. The van der Waals surface area contributed by atoms with E-state index in [9.17, 15) is 18.4 Å². The molecule has 0 N–H and O–H groups in total. The van der Waals surface area contributed by atoms with Gasteiger partial charge in [-0.15, -0.1) is 0 Å². The summed E-state index contributed by atoms with van der Waals surface area (Å²) in [5.74, 6) is 2.12. The van der Waals surface area contributed by atoms with E-state index in [-0.39, 0.29) is 17.4 Å². The van der Waals surface area contributed by atoms with Crippen LogP contribution in [0, 0.1) is 41.2 Å². The van der Waals surface area contributed by atoms with Crippen molar-refractivity contribution in [3.8, 4) is 17.3 Å². The first-order valence-corrected chi connectivity index (χ1v) is 17.4. The van der Waals surface area contributed by atoms with Crippen molar-refractivity contribution >= 4 is 33.9 Å². The summed E-state index contributed by atoms with van der Waals surface area (Å²) in [7, 11) is 1.63. The number of benzene rings is 2. The highest BCUT2D eigenvalue weighted by atomic mass is 19.1. The van der Waals surface area contributed by atoms with Gasteiger partial charge in [0.2, 0.25) is 0 Å². The second-order valence-electron chi connectivity index (χ2n) is 14.9. The molecule has 9 nitrogen and oxygen atoms in total. The van der Waals surface area contributed by atoms with Crippen molar-refractivity contribution in [2.45, 2.75) is 44.8 Å². The summed E-state index contributed by atoms with van der Waals surface area (Å²) in [5, 5.41) is 1.03. The van der Waals surface area contributed by atoms with Crippen LogP contribution in [0.2, 0.25) is 0 Å². The Morgan fingerprint density at radius 1 is 0.918 bits per heavy atom. The Hall–Kier alpha value is -4.80. The molecule has 5 heterocycles. The number of nitrogens with zero attached hydrogens (tertiary/aromatic N) is 6. The number of carbonyl (C=O) groups excluding carboxylic acids is 2. The fourth-order valence-electron chi connectivity index (χ4n) is 9.20. The molecule has 3 saturated carbocycles. The molecule has 2 aromatic carbocycles. The van der Waals surface area contributed by atoms with E-state index in [4.69, 9.17) is 14.7 Å². The van der Waals surface area contributed by atoms with Crippen molar-refractivity contribution in [1.29, 1.82) is 0 Å². The molecule has 250 valence electrons. The smallest absolute Gasteiger partial charge is 0.256 e. The van der Waals surface area contributed by atoms with Crippen molar-refractivity contribution in [1.82, 2.24) is 28.9 Å². The van der Waals surface area contributed by atoms with Gasteiger partial charge in [-0.3, -0.25) is 9.59 Å². The van der Waals surface area contributed by atoms with Gasteiger partial charge in [-0.1, -0.05) is 0 Å². The Bertz CT molecular complexity index is 2200. The van der Waals surface area contributed by atoms with E-state index in [0.29, 0.717) is 60.3 Å². The van der Waals surface area contributed by atoms with E-state index in [1.807, 2.05) is 24.4 Å². The number of ether oxygens (including phenoxy) is 1. The number of methoxy groups -OCH3 is 1. The topological polar surface area (TPSA) is 85.5 Å². The van der Waals surface area contributed by atoms with Crippen LogP contribution < -0.4 is 4.74 Å². The highest BCUT2D eigenvalue weighted by molar-refractivity contribution is 6.00. The molecule has 5 fully saturated rings. The maximum atomic E-state index is 14.4. The van der Waals surface area contributed by atoms with Crippen LogP contribution in [0.15, 0.2) is 54.7 Å². The Morgan fingerprint density at radius 3 is 2.51 bits per heavy atom. The van der Waals surface area contributed by atoms with Crippen LogP contribution in [-0.4, -0.2) is 73.5 Å². The molecular weight excluding hydrogens is 626 g/mol. The molecule has 5 aliphatic rings. The van der Waals surface area contributed by atoms with E-state index >= 15 is 0 Å². The van der Waals surface area contributed by atoms with Crippen molar-refractivity contribution < 1.29 is 23.1 Å². The van der Waals surface area contributed by atoms with Gasteiger partial charge in [0.1, 0.15) is 28.5 Å². The minimum atomic E-state index is -0.859. The summed E-state index contributed by atoms with van der Waals surface area (Å²) in [6.45, 7) is 3.04. The summed E-state index contributed by atoms with van der Waals surface area (Å²) in [5.41, 5.74) is 3.80. The van der Waals surface area contributed by atoms with Gasteiger partial charge in [0.15, 0.2) is 5.82 Å². The average molecular weight is 663 g/mol. The van der Waals surface area contributed by atoms with Crippen molar-refractivity contribution in [3.05, 3.63) is 77.5 Å². The fourth-order valence-corrected chi connectivity index (χ4v) is 9.20. The number of pyridine rings is 1. The van der Waals surface area contributed by atoms with Crippen LogP contribution in [0.4, 0.5) is 8.78 Å². The Balaban J connectivity index is 1.04. The Labute approximate surface area is 281 Å². The van der Waals surface area contributed by atoms with E-state index in [0.717, 1.165) is 65.6 Å². The van der Waals surface area contributed by atoms with Gasteiger partial charge in [0.25, 0.3) is 11.8 Å². The van der Waals surface area contributed by atoms with Crippen LogP contribution >= 0.6 is 0 Å². The fraction of sp³-hybridized carbons (Fsp3) is 0.421. The number of amides is 2. The molecule has 3 aromatic heterocycles. The number of hydrogen-bond acceptors (Lipinski definition) is 5. The first kappa shape index (κ1) is 29.1. The molecule has 0 spiro atoms. The zero-order valence-electron chi connectivity index (χ0n) is 27.2. The molecule has 0 radical (unpaired) electrons. The van der Waals surface area contributed by atoms with Gasteiger partial charge >= 0.3 is 0 Å². The Morgan fingerprint density at radius 2 is 1.76 bits per heavy atom.